The molecule has 0 amide bonds. The van der Waals surface area contributed by atoms with E-state index in [9.17, 15) is 0 Å². The summed E-state index contributed by atoms with van der Waals surface area (Å²) in [6, 6.07) is 9.29. The number of ether oxygens (including phenoxy) is 1. The first-order chi connectivity index (χ1) is 9.42. The summed E-state index contributed by atoms with van der Waals surface area (Å²) in [7, 11) is 0. The first kappa shape index (κ1) is 17.5. The standard InChI is InChI=1S/C17H29NOS/c1-6-11-18-14(2)15-7-9-16(10-8-15)20-13-12-19-17(3,4)5/h7-10,14,18H,6,11-13H2,1-5H3. The Morgan fingerprint density at radius 3 is 2.40 bits per heavy atom. The Bertz CT molecular complexity index is 370. The van der Waals surface area contributed by atoms with E-state index in [1.807, 2.05) is 11.8 Å². The Morgan fingerprint density at radius 1 is 1.20 bits per heavy atom. The average Bonchev–Trinajstić information content (AvgIpc) is 2.40. The summed E-state index contributed by atoms with van der Waals surface area (Å²) in [6.45, 7) is 12.6. The van der Waals surface area contributed by atoms with Gasteiger partial charge in [0.1, 0.15) is 0 Å². The van der Waals surface area contributed by atoms with Crippen molar-refractivity contribution in [3.05, 3.63) is 29.8 Å². The van der Waals surface area contributed by atoms with Crippen LogP contribution in [0.4, 0.5) is 0 Å². The van der Waals surface area contributed by atoms with Crippen LogP contribution in [0.15, 0.2) is 29.2 Å². The van der Waals surface area contributed by atoms with Crippen molar-refractivity contribution in [1.82, 2.24) is 5.32 Å². The Hall–Kier alpha value is -0.510. The predicted octanol–water partition coefficient (Wildman–Crippen LogP) is 4.65. The van der Waals surface area contributed by atoms with Crippen LogP contribution in [0.25, 0.3) is 0 Å². The number of hydrogen-bond donors (Lipinski definition) is 1. The molecule has 0 aliphatic rings. The van der Waals surface area contributed by atoms with Gasteiger partial charge in [0.2, 0.25) is 0 Å². The maximum absolute atomic E-state index is 5.73. The third kappa shape index (κ3) is 7.32. The quantitative estimate of drug-likeness (QED) is 0.557. The van der Waals surface area contributed by atoms with E-state index in [1.54, 1.807) is 0 Å². The van der Waals surface area contributed by atoms with Crippen molar-refractivity contribution in [1.29, 1.82) is 0 Å². The number of benzene rings is 1. The third-order valence-corrected chi connectivity index (χ3v) is 3.94. The number of rotatable bonds is 8. The van der Waals surface area contributed by atoms with E-state index >= 15 is 0 Å². The van der Waals surface area contributed by atoms with Gasteiger partial charge in [0.25, 0.3) is 0 Å². The van der Waals surface area contributed by atoms with Crippen molar-refractivity contribution >= 4 is 11.8 Å². The van der Waals surface area contributed by atoms with E-state index in [0.717, 1.165) is 18.9 Å². The van der Waals surface area contributed by atoms with Gasteiger partial charge in [0, 0.05) is 16.7 Å². The second-order valence-electron chi connectivity index (χ2n) is 6.05. The van der Waals surface area contributed by atoms with Crippen molar-refractivity contribution in [2.45, 2.75) is 57.6 Å². The molecule has 1 atom stereocenters. The molecule has 0 saturated heterocycles. The van der Waals surface area contributed by atoms with Crippen LogP contribution in [0.1, 0.15) is 52.6 Å². The zero-order chi connectivity index (χ0) is 15.0. The zero-order valence-electron chi connectivity index (χ0n) is 13.5. The fraction of sp³-hybridized carbons (Fsp3) is 0.647. The minimum absolute atomic E-state index is 0.0369. The van der Waals surface area contributed by atoms with Gasteiger partial charge >= 0.3 is 0 Å². The molecule has 0 aliphatic carbocycles. The summed E-state index contributed by atoms with van der Waals surface area (Å²) in [5.74, 6) is 1.00. The molecular formula is C17H29NOS. The molecule has 1 rings (SSSR count). The van der Waals surface area contributed by atoms with E-state index in [0.29, 0.717) is 6.04 Å². The highest BCUT2D eigenvalue weighted by molar-refractivity contribution is 7.99. The van der Waals surface area contributed by atoms with Crippen molar-refractivity contribution in [2.75, 3.05) is 18.9 Å². The molecular weight excluding hydrogens is 266 g/mol. The Labute approximate surface area is 128 Å². The normalized spacial score (nSPS) is 13.4. The highest BCUT2D eigenvalue weighted by Crippen LogP contribution is 2.21. The summed E-state index contributed by atoms with van der Waals surface area (Å²) >= 11 is 1.85. The highest BCUT2D eigenvalue weighted by Gasteiger charge is 2.09. The van der Waals surface area contributed by atoms with Crippen LogP contribution in [0, 0.1) is 0 Å². The van der Waals surface area contributed by atoms with E-state index < -0.39 is 0 Å². The monoisotopic (exact) mass is 295 g/mol. The summed E-state index contributed by atoms with van der Waals surface area (Å²) in [5, 5.41) is 3.51. The lowest BCUT2D eigenvalue weighted by Gasteiger charge is -2.19. The van der Waals surface area contributed by atoms with E-state index in [4.69, 9.17) is 4.74 Å². The molecule has 3 heteroatoms. The van der Waals surface area contributed by atoms with Crippen LogP contribution in [-0.2, 0) is 4.74 Å². The molecule has 0 heterocycles. The van der Waals surface area contributed by atoms with Gasteiger partial charge in [0.05, 0.1) is 12.2 Å². The van der Waals surface area contributed by atoms with Gasteiger partial charge in [-0.25, -0.2) is 0 Å². The molecule has 0 radical (unpaired) electrons. The van der Waals surface area contributed by atoms with Crippen LogP contribution in [0.3, 0.4) is 0 Å². The Balaban J connectivity index is 2.35. The second-order valence-corrected chi connectivity index (χ2v) is 7.22. The fourth-order valence-corrected chi connectivity index (χ4v) is 2.57. The molecule has 1 aromatic rings. The van der Waals surface area contributed by atoms with E-state index in [2.05, 4.69) is 64.2 Å². The lowest BCUT2D eigenvalue weighted by Crippen LogP contribution is -2.20. The summed E-state index contributed by atoms with van der Waals surface area (Å²) in [6.07, 6.45) is 1.17. The predicted molar refractivity (Wildman–Crippen MR) is 89.6 cm³/mol. The Morgan fingerprint density at radius 2 is 1.85 bits per heavy atom. The van der Waals surface area contributed by atoms with Gasteiger partial charge in [-0.1, -0.05) is 19.1 Å². The molecule has 114 valence electrons. The highest BCUT2D eigenvalue weighted by atomic mass is 32.2. The van der Waals surface area contributed by atoms with Crippen LogP contribution in [0.2, 0.25) is 0 Å². The lowest BCUT2D eigenvalue weighted by molar-refractivity contribution is 0.00695. The van der Waals surface area contributed by atoms with Crippen molar-refractivity contribution in [2.24, 2.45) is 0 Å². The second kappa shape index (κ2) is 8.71. The molecule has 0 spiro atoms. The molecule has 0 bridgehead atoms. The Kier molecular flexibility index (Phi) is 7.63. The van der Waals surface area contributed by atoms with Gasteiger partial charge in [-0.15, -0.1) is 11.8 Å². The van der Waals surface area contributed by atoms with Crippen LogP contribution >= 0.6 is 11.8 Å². The summed E-state index contributed by atoms with van der Waals surface area (Å²) in [4.78, 5) is 1.31. The molecule has 2 nitrogen and oxygen atoms in total. The van der Waals surface area contributed by atoms with Crippen molar-refractivity contribution < 1.29 is 4.74 Å². The molecule has 0 saturated carbocycles. The molecule has 1 unspecified atom stereocenters. The van der Waals surface area contributed by atoms with Gasteiger partial charge in [0.15, 0.2) is 0 Å². The van der Waals surface area contributed by atoms with Crippen LogP contribution in [-0.4, -0.2) is 24.5 Å². The minimum atomic E-state index is -0.0369. The molecule has 0 aromatic heterocycles. The third-order valence-electron chi connectivity index (χ3n) is 2.97. The largest absolute Gasteiger partial charge is 0.375 e. The van der Waals surface area contributed by atoms with Gasteiger partial charge < -0.3 is 10.1 Å². The number of thioether (sulfide) groups is 1. The topological polar surface area (TPSA) is 21.3 Å². The van der Waals surface area contributed by atoms with E-state index in [1.165, 1.54) is 16.9 Å². The first-order valence-electron chi connectivity index (χ1n) is 7.52. The smallest absolute Gasteiger partial charge is 0.0598 e. The maximum atomic E-state index is 5.73. The van der Waals surface area contributed by atoms with Crippen molar-refractivity contribution in [3.63, 3.8) is 0 Å². The first-order valence-corrected chi connectivity index (χ1v) is 8.51. The summed E-state index contributed by atoms with van der Waals surface area (Å²) in [5.41, 5.74) is 1.32. The molecule has 0 fully saturated rings. The minimum Gasteiger partial charge on any atom is -0.375 e. The van der Waals surface area contributed by atoms with Crippen LogP contribution in [0.5, 0.6) is 0 Å². The molecule has 20 heavy (non-hydrogen) atoms. The summed E-state index contributed by atoms with van der Waals surface area (Å²) < 4.78 is 5.73. The zero-order valence-corrected chi connectivity index (χ0v) is 14.3. The molecule has 0 aliphatic heterocycles. The van der Waals surface area contributed by atoms with Gasteiger partial charge in [-0.05, 0) is 58.4 Å². The van der Waals surface area contributed by atoms with E-state index in [-0.39, 0.29) is 5.60 Å². The average molecular weight is 295 g/mol. The lowest BCUT2D eigenvalue weighted by atomic mass is 10.1. The van der Waals surface area contributed by atoms with Crippen molar-refractivity contribution in [3.8, 4) is 0 Å². The SMILES string of the molecule is CCCNC(C)c1ccc(SCCOC(C)(C)C)cc1. The van der Waals surface area contributed by atoms with Crippen LogP contribution < -0.4 is 5.32 Å². The number of nitrogens with one attached hydrogen (secondary N) is 1. The molecule has 1 N–H and O–H groups in total. The molecule has 1 aromatic carbocycles. The fourth-order valence-electron chi connectivity index (χ4n) is 1.84. The number of hydrogen-bond acceptors (Lipinski definition) is 3. The van der Waals surface area contributed by atoms with Gasteiger partial charge in [-0.2, -0.15) is 0 Å². The maximum Gasteiger partial charge on any atom is 0.0598 e. The van der Waals surface area contributed by atoms with Gasteiger partial charge in [-0.3, -0.25) is 0 Å².